The van der Waals surface area contributed by atoms with Crippen LogP contribution in [0.4, 0.5) is 12.7 Å². The third kappa shape index (κ3) is 3.37. The van der Waals surface area contributed by atoms with Crippen molar-refractivity contribution in [3.8, 4) is 0 Å². The molecule has 0 aliphatic rings. The lowest BCUT2D eigenvalue weighted by molar-refractivity contribution is -0.174. The summed E-state index contributed by atoms with van der Waals surface area (Å²) in [7, 11) is -6.29. The van der Waals surface area contributed by atoms with Crippen LogP contribution in [0.15, 0.2) is 0 Å². The number of hydrogen-bond acceptors (Lipinski definition) is 4. The number of esters is 1. The lowest BCUT2D eigenvalue weighted by atomic mass is 10.1. The summed E-state index contributed by atoms with van der Waals surface area (Å²) in [4.78, 5) is 10.7. The number of carbonyl (C=O) groups is 1. The molecule has 8 heteroatoms. The minimum Gasteiger partial charge on any atom is -0.454 e. The van der Waals surface area contributed by atoms with E-state index in [2.05, 4.69) is 4.74 Å². The molecule has 0 aromatic rings. The van der Waals surface area contributed by atoms with Crippen LogP contribution in [-0.2, 0) is 19.8 Å². The average molecular weight is 248 g/mol. The van der Waals surface area contributed by atoms with Crippen molar-refractivity contribution in [2.75, 3.05) is 0 Å². The van der Waals surface area contributed by atoms with Crippen LogP contribution in [0.1, 0.15) is 27.2 Å². The predicted octanol–water partition coefficient (Wildman–Crippen LogP) is 1.61. The minimum atomic E-state index is -6.29. The van der Waals surface area contributed by atoms with E-state index in [-0.39, 0.29) is 6.42 Å². The number of hydrogen-bond donors (Lipinski definition) is 0. The van der Waals surface area contributed by atoms with Gasteiger partial charge in [0.25, 0.3) is 0 Å². The van der Waals surface area contributed by atoms with Gasteiger partial charge in [0.1, 0.15) is 5.60 Å². The number of carbonyl (C=O) groups excluding carboxylic acids is 1. The molecule has 4 nitrogen and oxygen atoms in total. The number of alkyl halides is 2. The molecule has 0 saturated heterocycles. The lowest BCUT2D eigenvalue weighted by Gasteiger charge is -2.24. The van der Waals surface area contributed by atoms with Gasteiger partial charge in [-0.2, -0.15) is 17.2 Å². The third-order valence-corrected chi connectivity index (χ3v) is 2.54. The van der Waals surface area contributed by atoms with Crippen molar-refractivity contribution >= 4 is 16.2 Å². The zero-order valence-corrected chi connectivity index (χ0v) is 9.20. The van der Waals surface area contributed by atoms with Crippen LogP contribution in [0.2, 0.25) is 0 Å². The van der Waals surface area contributed by atoms with Gasteiger partial charge in [-0.15, -0.1) is 0 Å². The molecule has 0 aromatic carbocycles. The number of rotatable bonds is 4. The zero-order valence-electron chi connectivity index (χ0n) is 8.38. The van der Waals surface area contributed by atoms with E-state index in [1.165, 1.54) is 20.8 Å². The molecule has 0 aromatic heterocycles. The molecule has 90 valence electrons. The Morgan fingerprint density at radius 3 is 2.00 bits per heavy atom. The molecule has 0 unspecified atom stereocenters. The smallest absolute Gasteiger partial charge is 0.454 e. The van der Waals surface area contributed by atoms with Gasteiger partial charge in [-0.3, -0.25) is 0 Å². The number of ether oxygens (including phenoxy) is 1. The summed E-state index contributed by atoms with van der Waals surface area (Å²) in [6.45, 7) is 4.13. The molecule has 0 atom stereocenters. The van der Waals surface area contributed by atoms with E-state index in [4.69, 9.17) is 0 Å². The molecule has 0 spiro atoms. The molecule has 0 rings (SSSR count). The van der Waals surface area contributed by atoms with E-state index in [0.717, 1.165) is 0 Å². The monoisotopic (exact) mass is 248 g/mol. The largest absolute Gasteiger partial charge is 0.470 e. The Kier molecular flexibility index (Phi) is 3.78. The maximum absolute atomic E-state index is 12.6. The van der Waals surface area contributed by atoms with Gasteiger partial charge in [0.15, 0.2) is 0 Å². The zero-order chi connectivity index (χ0) is 12.5. The first-order valence-electron chi connectivity index (χ1n) is 3.99. The van der Waals surface area contributed by atoms with E-state index in [9.17, 15) is 25.9 Å². The Morgan fingerprint density at radius 1 is 1.33 bits per heavy atom. The normalized spacial score (nSPS) is 13.7. The predicted molar refractivity (Wildman–Crippen MR) is 45.4 cm³/mol. The standard InChI is InChI=1S/C7H11F3O4S/c1-4-6(2,3)14-5(11)7(8,9)15(10,12)13/h4H2,1-3H3. The third-order valence-electron chi connectivity index (χ3n) is 1.76. The van der Waals surface area contributed by atoms with Gasteiger partial charge in [-0.25, -0.2) is 4.79 Å². The Balaban J connectivity index is 4.90. The summed E-state index contributed by atoms with van der Waals surface area (Å²) in [6.07, 6.45) is 0.182. The van der Waals surface area contributed by atoms with Gasteiger partial charge in [0, 0.05) is 0 Å². The molecular weight excluding hydrogens is 237 g/mol. The van der Waals surface area contributed by atoms with Crippen molar-refractivity contribution in [3.63, 3.8) is 0 Å². The Morgan fingerprint density at radius 2 is 1.73 bits per heavy atom. The van der Waals surface area contributed by atoms with Crippen molar-refractivity contribution in [1.29, 1.82) is 0 Å². The summed E-state index contributed by atoms with van der Waals surface area (Å²) >= 11 is 0. The highest BCUT2D eigenvalue weighted by Gasteiger charge is 2.56. The first-order valence-corrected chi connectivity index (χ1v) is 5.38. The highest BCUT2D eigenvalue weighted by molar-refractivity contribution is 7.88. The fraction of sp³-hybridized carbons (Fsp3) is 0.857. The van der Waals surface area contributed by atoms with Gasteiger partial charge >= 0.3 is 21.4 Å². The number of halogens is 3. The minimum absolute atomic E-state index is 0.182. The summed E-state index contributed by atoms with van der Waals surface area (Å²) in [5.74, 6) is -2.41. The summed E-state index contributed by atoms with van der Waals surface area (Å²) in [5, 5.41) is -5.15. The van der Waals surface area contributed by atoms with E-state index < -0.39 is 27.0 Å². The Bertz CT molecular complexity index is 347. The van der Waals surface area contributed by atoms with Gasteiger partial charge in [-0.1, -0.05) is 10.8 Å². The van der Waals surface area contributed by atoms with Gasteiger partial charge in [-0.05, 0) is 20.3 Å². The molecule has 0 N–H and O–H groups in total. The molecule has 0 amide bonds. The first kappa shape index (κ1) is 14.2. The second-order valence-corrected chi connectivity index (χ2v) is 4.85. The van der Waals surface area contributed by atoms with Crippen LogP contribution >= 0.6 is 0 Å². The van der Waals surface area contributed by atoms with Crippen LogP contribution in [-0.4, -0.2) is 25.2 Å². The van der Waals surface area contributed by atoms with Gasteiger partial charge < -0.3 is 4.74 Å². The molecule has 0 aliphatic heterocycles. The van der Waals surface area contributed by atoms with Crippen LogP contribution in [0, 0.1) is 0 Å². The first-order chi connectivity index (χ1) is 6.44. The van der Waals surface area contributed by atoms with Gasteiger partial charge in [0.2, 0.25) is 0 Å². The Hall–Kier alpha value is -0.790. The van der Waals surface area contributed by atoms with Crippen LogP contribution in [0.5, 0.6) is 0 Å². The molecule has 0 radical (unpaired) electrons. The molecule has 0 fully saturated rings. The summed E-state index contributed by atoms with van der Waals surface area (Å²) in [5.41, 5.74) is -1.27. The maximum atomic E-state index is 12.6. The van der Waals surface area contributed by atoms with E-state index in [1.807, 2.05) is 0 Å². The fourth-order valence-electron chi connectivity index (χ4n) is 0.482. The SMILES string of the molecule is CCC(C)(C)OC(=O)C(F)(F)S(=O)(=O)F. The molecule has 0 saturated carbocycles. The quantitative estimate of drug-likeness (QED) is 0.560. The molecule has 0 heterocycles. The Labute approximate surface area is 85.6 Å². The highest BCUT2D eigenvalue weighted by Crippen LogP contribution is 2.28. The van der Waals surface area contributed by atoms with Gasteiger partial charge in [0.05, 0.1) is 0 Å². The topological polar surface area (TPSA) is 60.4 Å². The molecule has 15 heavy (non-hydrogen) atoms. The molecule has 0 bridgehead atoms. The summed E-state index contributed by atoms with van der Waals surface area (Å²) < 4.78 is 61.2. The second-order valence-electron chi connectivity index (χ2n) is 3.46. The second kappa shape index (κ2) is 3.99. The molecular formula is C7H11F3O4S. The maximum Gasteiger partial charge on any atom is 0.470 e. The van der Waals surface area contributed by atoms with Crippen molar-refractivity contribution in [3.05, 3.63) is 0 Å². The van der Waals surface area contributed by atoms with Crippen molar-refractivity contribution in [2.45, 2.75) is 38.0 Å². The highest BCUT2D eigenvalue weighted by atomic mass is 32.3. The fourth-order valence-corrected chi connectivity index (χ4v) is 0.723. The van der Waals surface area contributed by atoms with Crippen molar-refractivity contribution in [1.82, 2.24) is 0 Å². The van der Waals surface area contributed by atoms with Crippen LogP contribution < -0.4 is 0 Å². The van der Waals surface area contributed by atoms with Crippen LogP contribution in [0.3, 0.4) is 0 Å². The van der Waals surface area contributed by atoms with Crippen LogP contribution in [0.25, 0.3) is 0 Å². The molecule has 0 aliphatic carbocycles. The summed E-state index contributed by atoms with van der Waals surface area (Å²) in [6, 6.07) is 0. The van der Waals surface area contributed by atoms with Crippen molar-refractivity contribution in [2.24, 2.45) is 0 Å². The lowest BCUT2D eigenvalue weighted by Crippen LogP contribution is -2.41. The average Bonchev–Trinajstić information content (AvgIpc) is 2.01. The van der Waals surface area contributed by atoms with Crippen molar-refractivity contribution < 1.29 is 30.6 Å². The van der Waals surface area contributed by atoms with E-state index >= 15 is 0 Å². The van der Waals surface area contributed by atoms with E-state index in [0.29, 0.717) is 0 Å². The van der Waals surface area contributed by atoms with E-state index in [1.54, 1.807) is 0 Å².